The number of carbonyl (C=O) groups is 2. The summed E-state index contributed by atoms with van der Waals surface area (Å²) in [6.45, 7) is 0. The van der Waals surface area contributed by atoms with Gasteiger partial charge in [0.25, 0.3) is 5.91 Å². The number of amides is 2. The van der Waals surface area contributed by atoms with Crippen LogP contribution in [0.4, 0.5) is 15.8 Å². The summed E-state index contributed by atoms with van der Waals surface area (Å²) in [5.41, 5.74) is 1.94. The van der Waals surface area contributed by atoms with E-state index in [0.29, 0.717) is 34.0 Å². The van der Waals surface area contributed by atoms with Crippen molar-refractivity contribution < 1.29 is 23.5 Å². The number of ether oxygens (including phenoxy) is 2. The Morgan fingerprint density at radius 2 is 1.42 bits per heavy atom. The second-order valence-electron chi connectivity index (χ2n) is 6.45. The van der Waals surface area contributed by atoms with E-state index in [1.165, 1.54) is 32.4 Å². The maximum absolute atomic E-state index is 13.0. The van der Waals surface area contributed by atoms with E-state index in [4.69, 9.17) is 9.47 Å². The van der Waals surface area contributed by atoms with Crippen molar-refractivity contribution in [3.8, 4) is 11.5 Å². The lowest BCUT2D eigenvalue weighted by molar-refractivity contribution is -0.111. The molecule has 3 aromatic carbocycles. The van der Waals surface area contributed by atoms with Crippen LogP contribution < -0.4 is 20.1 Å². The Hall–Kier alpha value is -4.13. The highest BCUT2D eigenvalue weighted by atomic mass is 19.1. The first-order valence-electron chi connectivity index (χ1n) is 9.37. The lowest BCUT2D eigenvalue weighted by atomic mass is 10.2. The van der Waals surface area contributed by atoms with E-state index in [-0.39, 0.29) is 11.7 Å². The molecule has 31 heavy (non-hydrogen) atoms. The van der Waals surface area contributed by atoms with Crippen LogP contribution in [0.1, 0.15) is 15.9 Å². The average molecular weight is 420 g/mol. The van der Waals surface area contributed by atoms with Gasteiger partial charge < -0.3 is 20.1 Å². The van der Waals surface area contributed by atoms with E-state index < -0.39 is 5.91 Å². The Balaban J connectivity index is 1.78. The van der Waals surface area contributed by atoms with Gasteiger partial charge in [-0.2, -0.15) is 0 Å². The molecule has 0 bridgehead atoms. The minimum absolute atomic E-state index is 0.306. The number of anilines is 2. The molecule has 0 aliphatic carbocycles. The maximum atomic E-state index is 13.0. The third-order valence-corrected chi connectivity index (χ3v) is 4.36. The second kappa shape index (κ2) is 10.1. The van der Waals surface area contributed by atoms with Crippen LogP contribution in [0.5, 0.6) is 11.5 Å². The molecule has 0 saturated carbocycles. The Kier molecular flexibility index (Phi) is 7.01. The molecule has 0 aliphatic heterocycles. The van der Waals surface area contributed by atoms with E-state index in [1.54, 1.807) is 54.6 Å². The molecule has 0 aliphatic rings. The van der Waals surface area contributed by atoms with E-state index >= 15 is 0 Å². The van der Waals surface area contributed by atoms with Crippen molar-refractivity contribution in [1.29, 1.82) is 0 Å². The average Bonchev–Trinajstić information content (AvgIpc) is 2.79. The molecule has 0 unspecified atom stereocenters. The number of methoxy groups -OCH3 is 2. The van der Waals surface area contributed by atoms with Crippen molar-refractivity contribution in [3.05, 3.63) is 89.8 Å². The van der Waals surface area contributed by atoms with Gasteiger partial charge in [0.05, 0.1) is 25.6 Å². The zero-order chi connectivity index (χ0) is 22.2. The smallest absolute Gasteiger partial charge is 0.255 e. The lowest BCUT2D eigenvalue weighted by Crippen LogP contribution is -2.14. The number of hydrogen-bond donors (Lipinski definition) is 2. The summed E-state index contributed by atoms with van der Waals surface area (Å²) < 4.78 is 23.7. The molecule has 0 heterocycles. The molecule has 2 amide bonds. The fourth-order valence-corrected chi connectivity index (χ4v) is 2.80. The van der Waals surface area contributed by atoms with Gasteiger partial charge in [0.2, 0.25) is 5.91 Å². The zero-order valence-corrected chi connectivity index (χ0v) is 17.0. The molecule has 0 saturated heterocycles. The van der Waals surface area contributed by atoms with Crippen LogP contribution in [0.2, 0.25) is 0 Å². The molecule has 0 radical (unpaired) electrons. The summed E-state index contributed by atoms with van der Waals surface area (Å²) in [5, 5.41) is 5.50. The van der Waals surface area contributed by atoms with Crippen LogP contribution in [0.25, 0.3) is 6.08 Å². The van der Waals surface area contributed by atoms with Crippen molar-refractivity contribution in [1.82, 2.24) is 0 Å². The minimum atomic E-state index is -0.411. The van der Waals surface area contributed by atoms with E-state index in [9.17, 15) is 14.0 Å². The van der Waals surface area contributed by atoms with Crippen molar-refractivity contribution in [2.75, 3.05) is 24.9 Å². The SMILES string of the molecule is COc1cc(NC(=O)c2ccccc2)c(OC)cc1NC(=O)C=Cc1ccc(F)cc1. The van der Waals surface area contributed by atoms with E-state index in [0.717, 1.165) is 0 Å². The normalized spacial score (nSPS) is 10.5. The van der Waals surface area contributed by atoms with Crippen molar-refractivity contribution in [2.45, 2.75) is 0 Å². The summed E-state index contributed by atoms with van der Waals surface area (Å²) >= 11 is 0. The molecule has 0 spiro atoms. The Bertz CT molecular complexity index is 1100. The summed E-state index contributed by atoms with van der Waals surface area (Å²) in [7, 11) is 2.91. The molecule has 0 fully saturated rings. The Labute approximate surface area is 179 Å². The van der Waals surface area contributed by atoms with Crippen LogP contribution in [0.3, 0.4) is 0 Å². The second-order valence-corrected chi connectivity index (χ2v) is 6.45. The van der Waals surface area contributed by atoms with Crippen LogP contribution in [0, 0.1) is 5.82 Å². The highest BCUT2D eigenvalue weighted by molar-refractivity contribution is 6.06. The molecular formula is C24H21FN2O4. The van der Waals surface area contributed by atoms with Gasteiger partial charge in [-0.3, -0.25) is 9.59 Å². The Morgan fingerprint density at radius 3 is 2.00 bits per heavy atom. The molecular weight excluding hydrogens is 399 g/mol. The maximum Gasteiger partial charge on any atom is 0.255 e. The van der Waals surface area contributed by atoms with Gasteiger partial charge in [-0.25, -0.2) is 4.39 Å². The lowest BCUT2D eigenvalue weighted by Gasteiger charge is -2.16. The highest BCUT2D eigenvalue weighted by Crippen LogP contribution is 2.36. The van der Waals surface area contributed by atoms with Crippen LogP contribution in [0.15, 0.2) is 72.8 Å². The number of nitrogens with one attached hydrogen (secondary N) is 2. The molecule has 0 aromatic heterocycles. The molecule has 158 valence electrons. The Morgan fingerprint density at radius 1 is 0.839 bits per heavy atom. The fourth-order valence-electron chi connectivity index (χ4n) is 2.80. The predicted octanol–water partition coefficient (Wildman–Crippen LogP) is 4.75. The van der Waals surface area contributed by atoms with Crippen molar-refractivity contribution in [3.63, 3.8) is 0 Å². The number of benzene rings is 3. The van der Waals surface area contributed by atoms with Gasteiger partial charge in [-0.1, -0.05) is 30.3 Å². The largest absolute Gasteiger partial charge is 0.494 e. The molecule has 7 heteroatoms. The van der Waals surface area contributed by atoms with Crippen LogP contribution >= 0.6 is 0 Å². The quantitative estimate of drug-likeness (QED) is 0.541. The summed E-state index contributed by atoms with van der Waals surface area (Å²) in [6, 6.07) is 17.6. The first-order valence-corrected chi connectivity index (χ1v) is 9.37. The predicted molar refractivity (Wildman–Crippen MR) is 118 cm³/mol. The topological polar surface area (TPSA) is 76.7 Å². The van der Waals surface area contributed by atoms with Crippen LogP contribution in [-0.4, -0.2) is 26.0 Å². The first-order chi connectivity index (χ1) is 15.0. The highest BCUT2D eigenvalue weighted by Gasteiger charge is 2.15. The van der Waals surface area contributed by atoms with Gasteiger partial charge in [-0.15, -0.1) is 0 Å². The third kappa shape index (κ3) is 5.70. The summed E-state index contributed by atoms with van der Waals surface area (Å²) in [6.07, 6.45) is 2.89. The van der Waals surface area contributed by atoms with Crippen molar-refractivity contribution in [2.24, 2.45) is 0 Å². The van der Waals surface area contributed by atoms with Gasteiger partial charge in [0, 0.05) is 23.8 Å². The summed E-state index contributed by atoms with van der Waals surface area (Å²) in [4.78, 5) is 24.8. The monoisotopic (exact) mass is 420 g/mol. The molecule has 6 nitrogen and oxygen atoms in total. The third-order valence-electron chi connectivity index (χ3n) is 4.36. The molecule has 0 atom stereocenters. The number of halogens is 1. The minimum Gasteiger partial charge on any atom is -0.494 e. The molecule has 3 aromatic rings. The van der Waals surface area contributed by atoms with Crippen LogP contribution in [-0.2, 0) is 4.79 Å². The standard InChI is InChI=1S/C24H21FN2O4/c1-30-21-15-20(27-24(29)17-6-4-3-5-7-17)22(31-2)14-19(21)26-23(28)13-10-16-8-11-18(25)12-9-16/h3-15H,1-2H3,(H,26,28)(H,27,29). The van der Waals surface area contributed by atoms with Gasteiger partial charge in [-0.05, 0) is 35.9 Å². The number of carbonyl (C=O) groups excluding carboxylic acids is 2. The van der Waals surface area contributed by atoms with Crippen molar-refractivity contribution >= 4 is 29.3 Å². The summed E-state index contributed by atoms with van der Waals surface area (Å²) in [5.74, 6) is -0.376. The first kappa shape index (κ1) is 21.6. The fraction of sp³-hybridized carbons (Fsp3) is 0.0833. The number of rotatable bonds is 7. The van der Waals surface area contributed by atoms with E-state index in [1.807, 2.05) is 6.07 Å². The van der Waals surface area contributed by atoms with E-state index in [2.05, 4.69) is 10.6 Å². The van der Waals surface area contributed by atoms with Gasteiger partial charge >= 0.3 is 0 Å². The number of hydrogen-bond acceptors (Lipinski definition) is 4. The van der Waals surface area contributed by atoms with Gasteiger partial charge in [0.1, 0.15) is 17.3 Å². The zero-order valence-electron chi connectivity index (χ0n) is 17.0. The molecule has 2 N–H and O–H groups in total. The molecule has 3 rings (SSSR count). The van der Waals surface area contributed by atoms with Gasteiger partial charge in [0.15, 0.2) is 0 Å².